The first-order valence-electron chi connectivity index (χ1n) is 15.5. The molecule has 0 radical (unpaired) electrons. The summed E-state index contributed by atoms with van der Waals surface area (Å²) >= 11 is 0. The molecule has 0 bridgehead atoms. The molecule has 9 heteroatoms. The van der Waals surface area contributed by atoms with Crippen molar-refractivity contribution in [1.29, 1.82) is 0 Å². The quantitative estimate of drug-likeness (QED) is 0.247. The number of rotatable bonds is 15. The molecule has 0 spiro atoms. The summed E-state index contributed by atoms with van der Waals surface area (Å²) < 4.78 is 5.39. The Hall–Kier alpha value is -3.23. The standard InChI is InChI=1S/C33H51N3O6/c1-7-14-28(37)29(38)25(20-23-15-10-8-11-16-23)34-30(39)26(19-22(2)3)35-31(40)27(21-24-17-12-9-13-18-24)36-32(41)42-33(4,5)6/h9,12-13,17-18,22-23,25-27H,7-8,10-11,14-16,19-21H2,1-6H3,(H,34,39)(H,35,40)(H,36,41)/t25-,26+,27+/m1/s1. The molecule has 234 valence electrons. The molecule has 42 heavy (non-hydrogen) atoms. The third kappa shape index (κ3) is 12.7. The zero-order valence-electron chi connectivity index (χ0n) is 26.3. The molecule has 1 aromatic rings. The number of ether oxygens (including phenoxy) is 1. The molecule has 1 saturated carbocycles. The summed E-state index contributed by atoms with van der Waals surface area (Å²) in [5, 5.41) is 8.32. The largest absolute Gasteiger partial charge is 0.444 e. The molecule has 0 unspecified atom stereocenters. The van der Waals surface area contributed by atoms with Gasteiger partial charge in [0, 0.05) is 12.8 Å². The van der Waals surface area contributed by atoms with Crippen molar-refractivity contribution in [1.82, 2.24) is 16.0 Å². The number of amides is 3. The predicted molar refractivity (Wildman–Crippen MR) is 163 cm³/mol. The van der Waals surface area contributed by atoms with E-state index in [1.807, 2.05) is 51.1 Å². The minimum absolute atomic E-state index is 0.0432. The zero-order chi connectivity index (χ0) is 31.3. The van der Waals surface area contributed by atoms with Crippen molar-refractivity contribution in [3.63, 3.8) is 0 Å². The van der Waals surface area contributed by atoms with E-state index in [9.17, 15) is 24.0 Å². The van der Waals surface area contributed by atoms with Gasteiger partial charge in [-0.15, -0.1) is 0 Å². The molecule has 0 aromatic heterocycles. The number of Topliss-reactive ketones (excluding diaryl/α,β-unsaturated/α-hetero) is 2. The van der Waals surface area contributed by atoms with Gasteiger partial charge in [0.1, 0.15) is 17.7 Å². The van der Waals surface area contributed by atoms with E-state index in [2.05, 4.69) is 16.0 Å². The van der Waals surface area contributed by atoms with Gasteiger partial charge in [-0.05, 0) is 57.4 Å². The van der Waals surface area contributed by atoms with E-state index in [-0.39, 0.29) is 24.7 Å². The Labute approximate surface area is 251 Å². The Morgan fingerprint density at radius 2 is 1.45 bits per heavy atom. The highest BCUT2D eigenvalue weighted by atomic mass is 16.6. The van der Waals surface area contributed by atoms with Crippen molar-refractivity contribution >= 4 is 29.5 Å². The molecule has 9 nitrogen and oxygen atoms in total. The number of hydrogen-bond donors (Lipinski definition) is 3. The van der Waals surface area contributed by atoms with Crippen LogP contribution in [0.15, 0.2) is 30.3 Å². The minimum atomic E-state index is -1.00. The maximum Gasteiger partial charge on any atom is 0.408 e. The fourth-order valence-electron chi connectivity index (χ4n) is 5.29. The number of hydrogen-bond acceptors (Lipinski definition) is 6. The molecule has 1 aliphatic carbocycles. The molecular formula is C33H51N3O6. The number of nitrogens with one attached hydrogen (secondary N) is 3. The molecule has 1 aromatic carbocycles. The lowest BCUT2D eigenvalue weighted by atomic mass is 9.83. The van der Waals surface area contributed by atoms with Gasteiger partial charge in [-0.25, -0.2) is 4.79 Å². The van der Waals surface area contributed by atoms with E-state index in [0.717, 1.165) is 37.7 Å². The minimum Gasteiger partial charge on any atom is -0.444 e. The average molecular weight is 586 g/mol. The topological polar surface area (TPSA) is 131 Å². The highest BCUT2D eigenvalue weighted by Crippen LogP contribution is 2.28. The van der Waals surface area contributed by atoms with Gasteiger partial charge in [0.05, 0.1) is 6.04 Å². The van der Waals surface area contributed by atoms with Crippen molar-refractivity contribution < 1.29 is 28.7 Å². The summed E-state index contributed by atoms with van der Waals surface area (Å²) in [4.78, 5) is 65.6. The molecule has 2 rings (SSSR count). The highest BCUT2D eigenvalue weighted by Gasteiger charge is 2.34. The molecule has 0 heterocycles. The van der Waals surface area contributed by atoms with Crippen molar-refractivity contribution in [2.75, 3.05) is 0 Å². The monoisotopic (exact) mass is 585 g/mol. The van der Waals surface area contributed by atoms with Crippen LogP contribution in [0.25, 0.3) is 0 Å². The maximum atomic E-state index is 13.6. The van der Waals surface area contributed by atoms with Gasteiger partial charge in [0.15, 0.2) is 0 Å². The fourth-order valence-corrected chi connectivity index (χ4v) is 5.29. The summed E-state index contributed by atoms with van der Waals surface area (Å²) in [7, 11) is 0. The van der Waals surface area contributed by atoms with E-state index < -0.39 is 53.2 Å². The van der Waals surface area contributed by atoms with Gasteiger partial charge >= 0.3 is 6.09 Å². The lowest BCUT2D eigenvalue weighted by molar-refractivity contribution is -0.139. The van der Waals surface area contributed by atoms with Gasteiger partial charge in [-0.1, -0.05) is 83.2 Å². The van der Waals surface area contributed by atoms with E-state index in [1.54, 1.807) is 20.8 Å². The Kier molecular flexibility index (Phi) is 14.2. The van der Waals surface area contributed by atoms with Crippen LogP contribution in [0.3, 0.4) is 0 Å². The van der Waals surface area contributed by atoms with Gasteiger partial charge in [-0.2, -0.15) is 0 Å². The van der Waals surface area contributed by atoms with E-state index in [1.165, 1.54) is 0 Å². The molecule has 3 N–H and O–H groups in total. The molecule has 1 aliphatic rings. The third-order valence-corrected chi connectivity index (χ3v) is 7.31. The van der Waals surface area contributed by atoms with Crippen molar-refractivity contribution in [2.45, 2.75) is 129 Å². The Morgan fingerprint density at radius 1 is 0.857 bits per heavy atom. The summed E-state index contributed by atoms with van der Waals surface area (Å²) in [5.41, 5.74) is 0.0682. The summed E-state index contributed by atoms with van der Waals surface area (Å²) in [5.74, 6) is -1.80. The van der Waals surface area contributed by atoms with Gasteiger partial charge in [0.25, 0.3) is 0 Å². The van der Waals surface area contributed by atoms with E-state index in [0.29, 0.717) is 19.3 Å². The fraction of sp³-hybridized carbons (Fsp3) is 0.667. The molecule has 3 amide bonds. The average Bonchev–Trinajstić information content (AvgIpc) is 2.91. The van der Waals surface area contributed by atoms with Crippen LogP contribution in [0.2, 0.25) is 0 Å². The number of carbonyl (C=O) groups excluding carboxylic acids is 5. The lowest BCUT2D eigenvalue weighted by Gasteiger charge is -2.29. The first kappa shape index (κ1) is 35.0. The third-order valence-electron chi connectivity index (χ3n) is 7.31. The van der Waals surface area contributed by atoms with E-state index >= 15 is 0 Å². The van der Waals surface area contributed by atoms with Crippen LogP contribution in [0.1, 0.15) is 105 Å². The van der Waals surface area contributed by atoms with Crippen LogP contribution in [0, 0.1) is 11.8 Å². The van der Waals surface area contributed by atoms with Crippen LogP contribution >= 0.6 is 0 Å². The van der Waals surface area contributed by atoms with Crippen molar-refractivity contribution in [3.05, 3.63) is 35.9 Å². The zero-order valence-corrected chi connectivity index (χ0v) is 26.3. The lowest BCUT2D eigenvalue weighted by Crippen LogP contribution is -2.57. The second kappa shape index (κ2) is 17.0. The van der Waals surface area contributed by atoms with Crippen LogP contribution in [0.4, 0.5) is 4.79 Å². The molecular weight excluding hydrogens is 534 g/mol. The van der Waals surface area contributed by atoms with E-state index in [4.69, 9.17) is 4.74 Å². The number of alkyl carbamates (subject to hydrolysis) is 1. The summed E-state index contributed by atoms with van der Waals surface area (Å²) in [6.45, 7) is 10.9. The Morgan fingerprint density at radius 3 is 2.02 bits per heavy atom. The van der Waals surface area contributed by atoms with Gasteiger partial charge in [0.2, 0.25) is 23.4 Å². The van der Waals surface area contributed by atoms with Gasteiger partial charge in [-0.3, -0.25) is 19.2 Å². The maximum absolute atomic E-state index is 13.6. The predicted octanol–water partition coefficient (Wildman–Crippen LogP) is 5.05. The van der Waals surface area contributed by atoms with Crippen LogP contribution in [-0.2, 0) is 30.3 Å². The number of carbonyl (C=O) groups is 5. The van der Waals surface area contributed by atoms with Gasteiger partial charge < -0.3 is 20.7 Å². The van der Waals surface area contributed by atoms with Crippen LogP contribution < -0.4 is 16.0 Å². The summed E-state index contributed by atoms with van der Waals surface area (Å²) in [6, 6.07) is 6.36. The van der Waals surface area contributed by atoms with Crippen LogP contribution in [-0.4, -0.2) is 53.2 Å². The SMILES string of the molecule is CCCC(=O)C(=O)[C@@H](CC1CCCCC1)NC(=O)[C@H](CC(C)C)NC(=O)[C@H](Cc1ccccc1)NC(=O)OC(C)(C)C. The van der Waals surface area contributed by atoms with Crippen LogP contribution in [0.5, 0.6) is 0 Å². The molecule has 0 saturated heterocycles. The molecule has 1 fully saturated rings. The highest BCUT2D eigenvalue weighted by molar-refractivity contribution is 6.39. The molecule has 0 aliphatic heterocycles. The first-order chi connectivity index (χ1) is 19.8. The Balaban J connectivity index is 2.25. The smallest absolute Gasteiger partial charge is 0.408 e. The van der Waals surface area contributed by atoms with Crippen molar-refractivity contribution in [2.24, 2.45) is 11.8 Å². The summed E-state index contributed by atoms with van der Waals surface area (Å²) in [6.07, 6.45) is 6.09. The second-order valence-electron chi connectivity index (χ2n) is 12.9. The number of ketones is 2. The first-order valence-corrected chi connectivity index (χ1v) is 15.5. The second-order valence-corrected chi connectivity index (χ2v) is 12.9. The normalized spacial score (nSPS) is 16.2. The van der Waals surface area contributed by atoms with Crippen molar-refractivity contribution in [3.8, 4) is 0 Å². The molecule has 3 atom stereocenters. The number of benzene rings is 1. The Bertz CT molecular complexity index is 1040.